The van der Waals surface area contributed by atoms with Crippen molar-refractivity contribution in [3.05, 3.63) is 72.8 Å². The van der Waals surface area contributed by atoms with Gasteiger partial charge in [0.2, 0.25) is 5.89 Å². The van der Waals surface area contributed by atoms with Gasteiger partial charge in [-0.3, -0.25) is 0 Å². The SMILES string of the molecule is COc1ccc(-c2nc3ccccc3o2)c([O][Al][O]c2ccccc2)c1. The predicted molar refractivity (Wildman–Crippen MR) is 99.4 cm³/mol. The summed E-state index contributed by atoms with van der Waals surface area (Å²) in [7, 11) is 1.62. The fourth-order valence-corrected chi connectivity index (χ4v) is 3.14. The van der Waals surface area contributed by atoms with Crippen LogP contribution in [-0.2, 0) is 0 Å². The summed E-state index contributed by atoms with van der Waals surface area (Å²) in [4.78, 5) is 4.55. The van der Waals surface area contributed by atoms with Crippen molar-refractivity contribution in [2.45, 2.75) is 0 Å². The molecule has 0 spiro atoms. The van der Waals surface area contributed by atoms with Gasteiger partial charge in [-0.05, 0) is 36.4 Å². The summed E-state index contributed by atoms with van der Waals surface area (Å²) in [6.45, 7) is 0. The number of hydrogen-bond donors (Lipinski definition) is 0. The monoisotopic (exact) mass is 360 g/mol. The molecule has 4 aromatic rings. The van der Waals surface area contributed by atoms with Crippen molar-refractivity contribution < 1.29 is 16.7 Å². The van der Waals surface area contributed by atoms with Gasteiger partial charge in [-0.2, -0.15) is 0 Å². The van der Waals surface area contributed by atoms with E-state index in [1.807, 2.05) is 72.8 Å². The Balaban J connectivity index is 1.61. The molecule has 3 aromatic carbocycles. The zero-order valence-corrected chi connectivity index (χ0v) is 15.2. The molecule has 0 atom stereocenters. The van der Waals surface area contributed by atoms with E-state index in [9.17, 15) is 0 Å². The molecule has 6 heteroatoms. The third-order valence-corrected chi connectivity index (χ3v) is 4.53. The Morgan fingerprint density at radius 3 is 2.46 bits per heavy atom. The van der Waals surface area contributed by atoms with Gasteiger partial charge in [0.05, 0.1) is 24.2 Å². The zero-order valence-electron chi connectivity index (χ0n) is 14.1. The van der Waals surface area contributed by atoms with Gasteiger partial charge < -0.3 is 16.7 Å². The summed E-state index contributed by atoms with van der Waals surface area (Å²) >= 11 is -0.749. The first-order chi connectivity index (χ1) is 12.8. The second kappa shape index (κ2) is 7.53. The maximum atomic E-state index is 5.92. The Bertz CT molecular complexity index is 984. The van der Waals surface area contributed by atoms with Gasteiger partial charge in [0.15, 0.2) is 5.58 Å². The standard InChI is InChI=1S/C14H11NO3.C6H6O.Al/c1-17-9-6-7-10(12(16)8-9)14-15-11-4-2-3-5-13(11)18-14;7-6-4-2-1-3-5-6;/h2-8,16H,1H3;1-5,7H;/q;;+2/p-2. The first kappa shape index (κ1) is 16.5. The molecular formula is C20H15AlNO4. The van der Waals surface area contributed by atoms with Crippen LogP contribution in [0, 0.1) is 0 Å². The third kappa shape index (κ3) is 3.52. The number of hydrogen-bond acceptors (Lipinski definition) is 5. The summed E-state index contributed by atoms with van der Waals surface area (Å²) in [5, 5.41) is 0. The van der Waals surface area contributed by atoms with Crippen LogP contribution in [0.15, 0.2) is 77.2 Å². The molecule has 0 bridgehead atoms. The highest BCUT2D eigenvalue weighted by molar-refractivity contribution is 6.21. The minimum absolute atomic E-state index is 0.503. The summed E-state index contributed by atoms with van der Waals surface area (Å²) in [5.74, 6) is 2.58. The highest BCUT2D eigenvalue weighted by Crippen LogP contribution is 2.34. The topological polar surface area (TPSA) is 53.7 Å². The lowest BCUT2D eigenvalue weighted by molar-refractivity contribution is 0.409. The summed E-state index contributed by atoms with van der Waals surface area (Å²) in [6.07, 6.45) is 0. The number of aromatic nitrogens is 1. The van der Waals surface area contributed by atoms with Crippen LogP contribution < -0.4 is 12.3 Å². The minimum Gasteiger partial charge on any atom is -0.616 e. The van der Waals surface area contributed by atoms with E-state index in [-0.39, 0.29) is 0 Å². The molecule has 0 saturated carbocycles. The molecule has 1 radical (unpaired) electrons. The van der Waals surface area contributed by atoms with E-state index in [0.717, 1.165) is 22.4 Å². The number of rotatable bonds is 6. The predicted octanol–water partition coefficient (Wildman–Crippen LogP) is 4.50. The second-order valence-corrected chi connectivity index (χ2v) is 6.16. The maximum Gasteiger partial charge on any atom is 0.881 e. The van der Waals surface area contributed by atoms with Crippen molar-refractivity contribution in [2.75, 3.05) is 7.11 Å². The molecule has 0 aliphatic carbocycles. The van der Waals surface area contributed by atoms with Gasteiger partial charge in [0.25, 0.3) is 0 Å². The van der Waals surface area contributed by atoms with Gasteiger partial charge in [-0.1, -0.05) is 30.3 Å². The van der Waals surface area contributed by atoms with Crippen molar-refractivity contribution in [3.8, 4) is 28.7 Å². The fraction of sp³-hybridized carbons (Fsp3) is 0.0500. The quantitative estimate of drug-likeness (QED) is 0.474. The van der Waals surface area contributed by atoms with E-state index in [4.69, 9.17) is 16.7 Å². The molecule has 127 valence electrons. The molecule has 26 heavy (non-hydrogen) atoms. The van der Waals surface area contributed by atoms with Crippen LogP contribution >= 0.6 is 0 Å². The van der Waals surface area contributed by atoms with Crippen LogP contribution in [-0.4, -0.2) is 28.0 Å². The smallest absolute Gasteiger partial charge is 0.616 e. The van der Waals surface area contributed by atoms with Crippen LogP contribution in [0.3, 0.4) is 0 Å². The van der Waals surface area contributed by atoms with E-state index in [0.29, 0.717) is 17.4 Å². The Labute approximate surface area is 157 Å². The maximum absolute atomic E-state index is 5.92. The van der Waals surface area contributed by atoms with E-state index >= 15 is 0 Å². The molecule has 5 nitrogen and oxygen atoms in total. The largest absolute Gasteiger partial charge is 0.881 e. The molecule has 4 rings (SSSR count). The van der Waals surface area contributed by atoms with Gasteiger partial charge >= 0.3 is 15.9 Å². The molecule has 0 saturated heterocycles. The van der Waals surface area contributed by atoms with Crippen molar-refractivity contribution >= 4 is 27.0 Å². The lowest BCUT2D eigenvalue weighted by Crippen LogP contribution is -2.11. The number of para-hydroxylation sites is 3. The zero-order chi connectivity index (χ0) is 17.8. The van der Waals surface area contributed by atoms with Gasteiger partial charge in [0, 0.05) is 6.07 Å². The van der Waals surface area contributed by atoms with Crippen LogP contribution in [0.25, 0.3) is 22.6 Å². The molecule has 0 unspecified atom stereocenters. The molecule has 0 aliphatic heterocycles. The van der Waals surface area contributed by atoms with Crippen molar-refractivity contribution in [2.24, 2.45) is 0 Å². The van der Waals surface area contributed by atoms with E-state index in [1.54, 1.807) is 7.11 Å². The van der Waals surface area contributed by atoms with Crippen molar-refractivity contribution in [1.82, 2.24) is 4.98 Å². The summed E-state index contributed by atoms with van der Waals surface area (Å²) in [5.41, 5.74) is 2.29. The molecule has 0 amide bonds. The number of ether oxygens (including phenoxy) is 1. The fourth-order valence-electron chi connectivity index (χ4n) is 2.52. The molecular weight excluding hydrogens is 345 g/mol. The van der Waals surface area contributed by atoms with E-state index < -0.39 is 15.9 Å². The van der Waals surface area contributed by atoms with Crippen LogP contribution in [0.1, 0.15) is 0 Å². The van der Waals surface area contributed by atoms with Crippen molar-refractivity contribution in [3.63, 3.8) is 0 Å². The van der Waals surface area contributed by atoms with Crippen LogP contribution in [0.5, 0.6) is 17.2 Å². The Morgan fingerprint density at radius 2 is 1.65 bits per heavy atom. The van der Waals surface area contributed by atoms with E-state index in [2.05, 4.69) is 4.98 Å². The average molecular weight is 360 g/mol. The van der Waals surface area contributed by atoms with Gasteiger partial charge in [-0.15, -0.1) is 0 Å². The van der Waals surface area contributed by atoms with Gasteiger partial charge in [-0.25, -0.2) is 4.98 Å². The first-order valence-electron chi connectivity index (χ1n) is 8.07. The molecule has 0 N–H and O–H groups in total. The van der Waals surface area contributed by atoms with E-state index in [1.165, 1.54) is 0 Å². The van der Waals surface area contributed by atoms with Crippen molar-refractivity contribution in [1.29, 1.82) is 0 Å². The third-order valence-electron chi connectivity index (χ3n) is 3.82. The highest BCUT2D eigenvalue weighted by Gasteiger charge is 2.16. The molecule has 1 aromatic heterocycles. The summed E-state index contributed by atoms with van der Waals surface area (Å²) < 4.78 is 22.8. The lowest BCUT2D eigenvalue weighted by Gasteiger charge is -2.12. The Kier molecular flexibility index (Phi) is 4.78. The Hall–Kier alpha value is -2.94. The molecule has 0 fully saturated rings. The molecule has 1 heterocycles. The number of nitrogens with zero attached hydrogens (tertiary/aromatic N) is 1. The Morgan fingerprint density at radius 1 is 0.846 bits per heavy atom. The average Bonchev–Trinajstić information content (AvgIpc) is 3.12. The molecule has 0 aliphatic rings. The normalized spacial score (nSPS) is 10.5. The van der Waals surface area contributed by atoms with Crippen LogP contribution in [0.4, 0.5) is 0 Å². The van der Waals surface area contributed by atoms with Crippen LogP contribution in [0.2, 0.25) is 0 Å². The minimum atomic E-state index is -0.749. The highest BCUT2D eigenvalue weighted by atomic mass is 27.2. The number of oxazole rings is 1. The second-order valence-electron chi connectivity index (χ2n) is 5.49. The number of methoxy groups -OCH3 is 1. The number of fused-ring (bicyclic) bond motifs is 1. The number of benzene rings is 3. The van der Waals surface area contributed by atoms with Gasteiger partial charge in [0.1, 0.15) is 11.3 Å². The summed E-state index contributed by atoms with van der Waals surface area (Å²) in [6, 6.07) is 22.8. The first-order valence-corrected chi connectivity index (χ1v) is 9.02. The lowest BCUT2D eigenvalue weighted by atomic mass is 10.2.